The molecule has 3 nitrogen and oxygen atoms in total. The Labute approximate surface area is 421 Å². The van der Waals surface area contributed by atoms with Crippen LogP contribution in [0.4, 0.5) is 0 Å². The monoisotopic (exact) mass is 952 g/mol. The van der Waals surface area contributed by atoms with Gasteiger partial charge in [0.25, 0.3) is 0 Å². The third-order valence-corrected chi connectivity index (χ3v) is 13.6. The summed E-state index contributed by atoms with van der Waals surface area (Å²) in [4.78, 5) is 37.4. The number of hydrogen-bond donors (Lipinski definition) is 0. The number of carbonyl (C=O) groups excluding carboxylic acids is 3. The summed E-state index contributed by atoms with van der Waals surface area (Å²) in [7, 11) is 0. The van der Waals surface area contributed by atoms with Crippen LogP contribution in [-0.2, 0) is 40.1 Å². The lowest BCUT2D eigenvalue weighted by molar-refractivity contribution is -0.109. The molecule has 0 aliphatic heterocycles. The van der Waals surface area contributed by atoms with Crippen LogP contribution >= 0.6 is 35.3 Å². The molecule has 69 heavy (non-hydrogen) atoms. The van der Waals surface area contributed by atoms with Crippen LogP contribution in [0.15, 0.2) is 160 Å². The lowest BCUT2D eigenvalue weighted by Crippen LogP contribution is -1.95. The Bertz CT molecular complexity index is 3250. The third kappa shape index (κ3) is 15.0. The minimum Gasteiger partial charge on any atom is -0.287 e. The SMILES string of the molecule is CCc1cc(-c2ccc(SC(C)=O)cc2)ccc1C#Cc1cc(C#Cc2ccc(C#Cc3ccc(SC(C)=O)cc3)cc2C)cc(/C=C/c2ccc(CCc3ccc(SC(C)=O)cc3)cc2CC)c1. The predicted molar refractivity (Wildman–Crippen MR) is 291 cm³/mol. The molecule has 0 unspecified atom stereocenters. The summed E-state index contributed by atoms with van der Waals surface area (Å²) in [5.74, 6) is 20.4. The van der Waals surface area contributed by atoms with E-state index in [-0.39, 0.29) is 15.3 Å². The molecule has 0 spiro atoms. The summed E-state index contributed by atoms with van der Waals surface area (Å²) in [6, 6.07) is 49.8. The van der Waals surface area contributed by atoms with Gasteiger partial charge in [-0.25, -0.2) is 0 Å². The fourth-order valence-electron chi connectivity index (χ4n) is 7.69. The van der Waals surface area contributed by atoms with E-state index in [2.05, 4.69) is 153 Å². The Morgan fingerprint density at radius 2 is 0.928 bits per heavy atom. The second kappa shape index (κ2) is 24.3. The van der Waals surface area contributed by atoms with Gasteiger partial charge in [0.15, 0.2) is 15.3 Å². The first-order valence-electron chi connectivity index (χ1n) is 23.0. The van der Waals surface area contributed by atoms with Crippen LogP contribution in [0.2, 0.25) is 0 Å². The Morgan fingerprint density at radius 3 is 1.52 bits per heavy atom. The van der Waals surface area contributed by atoms with E-state index >= 15 is 0 Å². The highest BCUT2D eigenvalue weighted by molar-refractivity contribution is 8.14. The van der Waals surface area contributed by atoms with Crippen molar-refractivity contribution >= 4 is 62.8 Å². The lowest BCUT2D eigenvalue weighted by atomic mass is 9.96. The maximum absolute atomic E-state index is 11.6. The zero-order valence-electron chi connectivity index (χ0n) is 39.8. The number of benzene rings is 7. The second-order valence-corrected chi connectivity index (χ2v) is 20.3. The molecule has 340 valence electrons. The molecule has 0 saturated carbocycles. The summed E-state index contributed by atoms with van der Waals surface area (Å²) in [6.45, 7) is 11.2. The van der Waals surface area contributed by atoms with E-state index in [9.17, 15) is 14.4 Å². The van der Waals surface area contributed by atoms with Gasteiger partial charge in [-0.1, -0.05) is 145 Å². The van der Waals surface area contributed by atoms with Gasteiger partial charge in [0.1, 0.15) is 0 Å². The molecule has 0 fully saturated rings. The van der Waals surface area contributed by atoms with Gasteiger partial charge in [-0.2, -0.15) is 0 Å². The van der Waals surface area contributed by atoms with Crippen LogP contribution in [0.3, 0.4) is 0 Å². The Kier molecular flexibility index (Phi) is 17.6. The van der Waals surface area contributed by atoms with Crippen molar-refractivity contribution in [3.63, 3.8) is 0 Å². The average Bonchev–Trinajstić information content (AvgIpc) is 3.34. The van der Waals surface area contributed by atoms with Gasteiger partial charge < -0.3 is 0 Å². The highest BCUT2D eigenvalue weighted by Gasteiger charge is 2.08. The topological polar surface area (TPSA) is 51.2 Å². The van der Waals surface area contributed by atoms with Crippen LogP contribution in [0.1, 0.15) is 107 Å². The summed E-state index contributed by atoms with van der Waals surface area (Å²) in [5, 5.41) is 0.225. The highest BCUT2D eigenvalue weighted by Crippen LogP contribution is 2.28. The van der Waals surface area contributed by atoms with Gasteiger partial charge in [0.05, 0.1) is 0 Å². The molecule has 7 aromatic carbocycles. The van der Waals surface area contributed by atoms with Crippen molar-refractivity contribution in [3.8, 4) is 46.6 Å². The number of aryl methyl sites for hydroxylation is 5. The van der Waals surface area contributed by atoms with Crippen molar-refractivity contribution in [2.24, 2.45) is 0 Å². The van der Waals surface area contributed by atoms with E-state index in [1.54, 1.807) is 20.8 Å². The minimum absolute atomic E-state index is 0.0583. The molecule has 0 amide bonds. The molecule has 6 heteroatoms. The number of rotatable bonds is 11. The van der Waals surface area contributed by atoms with Gasteiger partial charge in [0, 0.05) is 68.8 Å². The molecule has 0 bridgehead atoms. The fourth-order valence-corrected chi connectivity index (χ4v) is 9.50. The first kappa shape index (κ1) is 49.9. The molecule has 0 aromatic heterocycles. The van der Waals surface area contributed by atoms with Gasteiger partial charge in [-0.05, 0) is 180 Å². The normalized spacial score (nSPS) is 10.6. The Hall–Kier alpha value is -6.98. The van der Waals surface area contributed by atoms with E-state index in [1.165, 1.54) is 63.1 Å². The summed E-state index contributed by atoms with van der Waals surface area (Å²) >= 11 is 3.72. The van der Waals surface area contributed by atoms with Crippen LogP contribution in [0.5, 0.6) is 0 Å². The van der Waals surface area contributed by atoms with Crippen molar-refractivity contribution in [2.75, 3.05) is 0 Å². The average molecular weight is 953 g/mol. The zero-order chi connectivity index (χ0) is 48.7. The zero-order valence-corrected chi connectivity index (χ0v) is 42.2. The molecule has 0 heterocycles. The first-order chi connectivity index (χ1) is 33.4. The molecule has 0 atom stereocenters. The van der Waals surface area contributed by atoms with Crippen LogP contribution in [0.25, 0.3) is 23.3 Å². The van der Waals surface area contributed by atoms with E-state index in [0.717, 1.165) is 96.0 Å². The second-order valence-electron chi connectivity index (χ2n) is 16.5. The quantitative estimate of drug-likeness (QED) is 0.0732. The van der Waals surface area contributed by atoms with Crippen LogP contribution in [-0.4, -0.2) is 15.3 Å². The van der Waals surface area contributed by atoms with E-state index in [1.807, 2.05) is 60.7 Å². The summed E-state index contributed by atoms with van der Waals surface area (Å²) < 4.78 is 0. The highest BCUT2D eigenvalue weighted by atomic mass is 32.2. The molecule has 7 aromatic rings. The van der Waals surface area contributed by atoms with Crippen LogP contribution in [0, 0.1) is 42.4 Å². The maximum Gasteiger partial charge on any atom is 0.190 e. The summed E-state index contributed by atoms with van der Waals surface area (Å²) in [6.07, 6.45) is 7.96. The molecule has 0 radical (unpaired) electrons. The van der Waals surface area contributed by atoms with Gasteiger partial charge >= 0.3 is 0 Å². The Morgan fingerprint density at radius 1 is 0.435 bits per heavy atom. The van der Waals surface area contributed by atoms with Crippen molar-refractivity contribution < 1.29 is 14.4 Å². The van der Waals surface area contributed by atoms with Crippen molar-refractivity contribution in [2.45, 2.75) is 81.9 Å². The molecule has 0 N–H and O–H groups in total. The van der Waals surface area contributed by atoms with E-state index in [4.69, 9.17) is 0 Å². The molecule has 0 aliphatic rings. The Balaban J connectivity index is 1.15. The predicted octanol–water partition coefficient (Wildman–Crippen LogP) is 14.9. The molecule has 0 saturated heterocycles. The molecular formula is C63H52O3S3. The molecular weight excluding hydrogens is 901 g/mol. The number of carbonyl (C=O) groups is 3. The fraction of sp³-hybridized carbons (Fsp3) is 0.159. The smallest absolute Gasteiger partial charge is 0.190 e. The van der Waals surface area contributed by atoms with Crippen LogP contribution < -0.4 is 0 Å². The largest absolute Gasteiger partial charge is 0.287 e. The van der Waals surface area contributed by atoms with Gasteiger partial charge in [0.2, 0.25) is 0 Å². The molecule has 7 rings (SSSR count). The lowest BCUT2D eigenvalue weighted by Gasteiger charge is -2.09. The number of thioether (sulfide) groups is 3. The third-order valence-electron chi connectivity index (χ3n) is 11.2. The van der Waals surface area contributed by atoms with Crippen molar-refractivity contribution in [1.82, 2.24) is 0 Å². The van der Waals surface area contributed by atoms with E-state index in [0.29, 0.717) is 0 Å². The van der Waals surface area contributed by atoms with E-state index < -0.39 is 0 Å². The maximum atomic E-state index is 11.6. The van der Waals surface area contributed by atoms with Crippen molar-refractivity contribution in [1.29, 1.82) is 0 Å². The van der Waals surface area contributed by atoms with Gasteiger partial charge in [-0.15, -0.1) is 0 Å². The van der Waals surface area contributed by atoms with Crippen molar-refractivity contribution in [3.05, 3.63) is 218 Å². The number of hydrogen-bond acceptors (Lipinski definition) is 6. The molecule has 0 aliphatic carbocycles. The van der Waals surface area contributed by atoms with Gasteiger partial charge in [-0.3, -0.25) is 14.4 Å². The first-order valence-corrected chi connectivity index (χ1v) is 25.4. The summed E-state index contributed by atoms with van der Waals surface area (Å²) in [5.41, 5.74) is 15.9. The minimum atomic E-state index is 0.0583. The standard InChI is InChI=1S/C63H52O3S3/c1-7-54-41-50(12-10-48-20-33-62(34-21-48)68-45(5)65)14-24-57(54)25-16-52-38-51(15-23-56-22-13-49(37-43(56)3)11-9-47-18-31-61(32-19-47)67-44(4)64)39-53(40-52)17-26-58-27-28-60(42-55(58)8-2)59-29-35-63(36-30-59)69-46(6)66/h13-14,16,18-22,24-25,27-42H,7-8,10,12H2,1-6H3/b25-16+.